The molecular formula is C16H16F3N5O2. The normalized spacial score (nSPS) is 17.6. The molecule has 26 heavy (non-hydrogen) atoms. The minimum Gasteiger partial charge on any atom is -0.346 e. The van der Waals surface area contributed by atoms with Gasteiger partial charge in [-0.25, -0.2) is 4.68 Å². The lowest BCUT2D eigenvalue weighted by Gasteiger charge is -2.20. The average Bonchev–Trinajstić information content (AvgIpc) is 3.13. The smallest absolute Gasteiger partial charge is 0.346 e. The fourth-order valence-corrected chi connectivity index (χ4v) is 2.92. The third-order valence-electron chi connectivity index (χ3n) is 4.18. The number of likely N-dealkylation sites (tertiary alicyclic amines) is 1. The van der Waals surface area contributed by atoms with Gasteiger partial charge >= 0.3 is 6.18 Å². The Morgan fingerprint density at radius 3 is 2.73 bits per heavy atom. The Hall–Kier alpha value is -2.91. The summed E-state index contributed by atoms with van der Waals surface area (Å²) in [7, 11) is 1.56. The predicted octanol–water partition coefficient (Wildman–Crippen LogP) is 1.36. The third-order valence-corrected chi connectivity index (χ3v) is 4.18. The van der Waals surface area contributed by atoms with Crippen molar-refractivity contribution in [2.24, 2.45) is 7.05 Å². The van der Waals surface area contributed by atoms with Crippen LogP contribution in [0, 0.1) is 0 Å². The number of nitrogens with one attached hydrogen (secondary N) is 1. The Morgan fingerprint density at radius 1 is 1.35 bits per heavy atom. The number of alkyl halides is 3. The summed E-state index contributed by atoms with van der Waals surface area (Å²) in [6.07, 6.45) is -3.16. The molecule has 1 saturated heterocycles. The molecule has 10 heteroatoms. The Balaban J connectivity index is 1.68. The van der Waals surface area contributed by atoms with Crippen molar-refractivity contribution in [1.82, 2.24) is 25.2 Å². The molecule has 1 aromatic carbocycles. The van der Waals surface area contributed by atoms with Crippen molar-refractivity contribution in [3.63, 3.8) is 0 Å². The topological polar surface area (TPSA) is 80.1 Å². The van der Waals surface area contributed by atoms with Crippen LogP contribution in [0.5, 0.6) is 0 Å². The van der Waals surface area contributed by atoms with Gasteiger partial charge in [-0.1, -0.05) is 23.4 Å². The van der Waals surface area contributed by atoms with E-state index >= 15 is 0 Å². The van der Waals surface area contributed by atoms with E-state index in [-0.39, 0.29) is 36.7 Å². The summed E-state index contributed by atoms with van der Waals surface area (Å²) in [5.41, 5.74) is -0.504. The summed E-state index contributed by atoms with van der Waals surface area (Å²) in [5, 5.41) is 9.95. The van der Waals surface area contributed by atoms with Crippen LogP contribution in [0.2, 0.25) is 0 Å². The van der Waals surface area contributed by atoms with Gasteiger partial charge in [-0.2, -0.15) is 13.2 Å². The van der Waals surface area contributed by atoms with Crippen molar-refractivity contribution in [2.45, 2.75) is 25.2 Å². The molecule has 1 aliphatic heterocycles. The summed E-state index contributed by atoms with van der Waals surface area (Å²) in [4.78, 5) is 25.6. The minimum absolute atomic E-state index is 0.0242. The summed E-state index contributed by atoms with van der Waals surface area (Å²) in [6, 6.07) is 4.67. The fourth-order valence-electron chi connectivity index (χ4n) is 2.92. The molecule has 1 fully saturated rings. The number of halogens is 3. The van der Waals surface area contributed by atoms with Crippen LogP contribution in [0.25, 0.3) is 0 Å². The fraction of sp³-hybridized carbons (Fsp3) is 0.375. The molecule has 2 aromatic rings. The van der Waals surface area contributed by atoms with Crippen LogP contribution < -0.4 is 5.32 Å². The van der Waals surface area contributed by atoms with E-state index in [9.17, 15) is 22.8 Å². The van der Waals surface area contributed by atoms with Gasteiger partial charge in [0.2, 0.25) is 5.91 Å². The summed E-state index contributed by atoms with van der Waals surface area (Å²) < 4.78 is 40.6. The molecule has 3 rings (SSSR count). The number of hydrogen-bond acceptors (Lipinski definition) is 4. The van der Waals surface area contributed by atoms with Crippen LogP contribution in [0.15, 0.2) is 30.5 Å². The second-order valence-electron chi connectivity index (χ2n) is 6.05. The first-order chi connectivity index (χ1) is 12.3. The SMILES string of the molecule is Cn1nncc1C(=O)NC1CC(=O)N(Cc2ccccc2C(F)(F)F)C1. The van der Waals surface area contributed by atoms with Gasteiger partial charge in [0.25, 0.3) is 5.91 Å². The maximum atomic E-state index is 13.1. The van der Waals surface area contributed by atoms with E-state index in [0.717, 1.165) is 6.07 Å². The largest absolute Gasteiger partial charge is 0.416 e. The summed E-state index contributed by atoms with van der Waals surface area (Å²) in [6.45, 7) is -0.0177. The van der Waals surface area contributed by atoms with Crippen LogP contribution in [-0.2, 0) is 24.6 Å². The molecule has 2 amide bonds. The van der Waals surface area contributed by atoms with E-state index in [2.05, 4.69) is 15.6 Å². The zero-order chi connectivity index (χ0) is 18.9. The maximum absolute atomic E-state index is 13.1. The van der Waals surface area contributed by atoms with E-state index in [1.165, 1.54) is 34.0 Å². The predicted molar refractivity (Wildman–Crippen MR) is 83.7 cm³/mol. The average molecular weight is 367 g/mol. The highest BCUT2D eigenvalue weighted by molar-refractivity contribution is 5.93. The lowest BCUT2D eigenvalue weighted by molar-refractivity contribution is -0.139. The molecule has 0 radical (unpaired) electrons. The number of nitrogens with zero attached hydrogens (tertiary/aromatic N) is 4. The number of benzene rings is 1. The first-order valence-corrected chi connectivity index (χ1v) is 7.84. The van der Waals surface area contributed by atoms with Crippen LogP contribution in [-0.4, -0.2) is 44.3 Å². The molecule has 138 valence electrons. The standard InChI is InChI=1S/C16H16F3N5O2/c1-23-13(7-20-22-23)15(26)21-11-6-14(25)24(9-11)8-10-4-2-3-5-12(10)16(17,18)19/h2-5,7,11H,6,8-9H2,1H3,(H,21,26). The number of aromatic nitrogens is 3. The number of carbonyl (C=O) groups excluding carboxylic acids is 2. The zero-order valence-electron chi connectivity index (χ0n) is 13.8. The zero-order valence-corrected chi connectivity index (χ0v) is 13.8. The molecule has 2 heterocycles. The van der Waals surface area contributed by atoms with Gasteiger partial charge < -0.3 is 10.2 Å². The Labute approximate surface area is 146 Å². The van der Waals surface area contributed by atoms with Crippen molar-refractivity contribution >= 4 is 11.8 Å². The van der Waals surface area contributed by atoms with Crippen LogP contribution >= 0.6 is 0 Å². The molecular weight excluding hydrogens is 351 g/mol. The van der Waals surface area contributed by atoms with Crippen molar-refractivity contribution in [3.05, 3.63) is 47.3 Å². The molecule has 0 spiro atoms. The van der Waals surface area contributed by atoms with Crippen molar-refractivity contribution < 1.29 is 22.8 Å². The third kappa shape index (κ3) is 3.68. The molecule has 0 bridgehead atoms. The Bertz CT molecular complexity index is 833. The molecule has 1 atom stereocenters. The molecule has 1 aromatic heterocycles. The lowest BCUT2D eigenvalue weighted by Crippen LogP contribution is -2.38. The molecule has 7 nitrogen and oxygen atoms in total. The first kappa shape index (κ1) is 17.9. The van der Waals surface area contributed by atoms with E-state index in [1.54, 1.807) is 7.05 Å². The van der Waals surface area contributed by atoms with Crippen molar-refractivity contribution in [3.8, 4) is 0 Å². The van der Waals surface area contributed by atoms with Crippen LogP contribution in [0.3, 0.4) is 0 Å². The maximum Gasteiger partial charge on any atom is 0.416 e. The molecule has 0 aliphatic carbocycles. The van der Waals surface area contributed by atoms with E-state index in [0.29, 0.717) is 0 Å². The minimum atomic E-state index is -4.49. The summed E-state index contributed by atoms with van der Waals surface area (Å²) in [5.74, 6) is -0.747. The van der Waals surface area contributed by atoms with Gasteiger partial charge in [0.15, 0.2) is 0 Å². The van der Waals surface area contributed by atoms with Gasteiger partial charge in [-0.3, -0.25) is 9.59 Å². The second kappa shape index (κ2) is 6.77. The quantitative estimate of drug-likeness (QED) is 0.885. The highest BCUT2D eigenvalue weighted by Gasteiger charge is 2.36. The summed E-state index contributed by atoms with van der Waals surface area (Å²) >= 11 is 0. The van der Waals surface area contributed by atoms with Gasteiger partial charge in [-0.15, -0.1) is 5.10 Å². The van der Waals surface area contributed by atoms with Gasteiger partial charge in [0, 0.05) is 26.6 Å². The van der Waals surface area contributed by atoms with Crippen LogP contribution in [0.1, 0.15) is 28.0 Å². The van der Waals surface area contributed by atoms with E-state index in [1.807, 2.05) is 0 Å². The van der Waals surface area contributed by atoms with Crippen molar-refractivity contribution in [1.29, 1.82) is 0 Å². The number of aryl methyl sites for hydroxylation is 1. The van der Waals surface area contributed by atoms with Crippen molar-refractivity contribution in [2.75, 3.05) is 6.54 Å². The molecule has 0 saturated carbocycles. The highest BCUT2D eigenvalue weighted by atomic mass is 19.4. The lowest BCUT2D eigenvalue weighted by atomic mass is 10.1. The van der Waals surface area contributed by atoms with Gasteiger partial charge in [-0.05, 0) is 11.6 Å². The number of amides is 2. The highest BCUT2D eigenvalue weighted by Crippen LogP contribution is 2.32. The molecule has 1 unspecified atom stereocenters. The molecule has 1 aliphatic rings. The van der Waals surface area contributed by atoms with Gasteiger partial charge in [0.05, 0.1) is 17.8 Å². The first-order valence-electron chi connectivity index (χ1n) is 7.84. The second-order valence-corrected chi connectivity index (χ2v) is 6.05. The Morgan fingerprint density at radius 2 is 2.08 bits per heavy atom. The number of carbonyl (C=O) groups is 2. The monoisotopic (exact) mass is 367 g/mol. The van der Waals surface area contributed by atoms with Crippen LogP contribution in [0.4, 0.5) is 13.2 Å². The van der Waals surface area contributed by atoms with Gasteiger partial charge in [0.1, 0.15) is 5.69 Å². The van der Waals surface area contributed by atoms with E-state index < -0.39 is 23.7 Å². The number of hydrogen-bond donors (Lipinski definition) is 1. The Kier molecular flexibility index (Phi) is 4.66. The van der Waals surface area contributed by atoms with E-state index in [4.69, 9.17) is 0 Å². The molecule has 1 N–H and O–H groups in total. The number of rotatable bonds is 4.